The van der Waals surface area contributed by atoms with Gasteiger partial charge in [0.05, 0.1) is 18.3 Å². The lowest BCUT2D eigenvalue weighted by Crippen LogP contribution is -2.24. The maximum Gasteiger partial charge on any atom is 0.415 e. The number of hydrogen-bond donors (Lipinski definition) is 1. The van der Waals surface area contributed by atoms with Crippen molar-refractivity contribution in [3.63, 3.8) is 0 Å². The number of aromatic amines is 1. The zero-order chi connectivity index (χ0) is 18.4. The highest BCUT2D eigenvalue weighted by molar-refractivity contribution is 5.89. The molecule has 134 valence electrons. The van der Waals surface area contributed by atoms with Crippen molar-refractivity contribution in [1.82, 2.24) is 29.8 Å². The average Bonchev–Trinajstić information content (AvgIpc) is 3.41. The topological polar surface area (TPSA) is 101 Å². The van der Waals surface area contributed by atoms with E-state index in [0.717, 1.165) is 0 Å². The number of cyclic esters (lactones) is 1. The molecule has 9 nitrogen and oxygen atoms in total. The van der Waals surface area contributed by atoms with E-state index in [-0.39, 0.29) is 0 Å². The van der Waals surface area contributed by atoms with Gasteiger partial charge in [-0.2, -0.15) is 10.2 Å². The molecule has 1 amide bonds. The summed E-state index contributed by atoms with van der Waals surface area (Å²) >= 11 is 0. The van der Waals surface area contributed by atoms with Gasteiger partial charge in [-0.15, -0.1) is 0 Å². The van der Waals surface area contributed by atoms with Crippen molar-refractivity contribution in [3.05, 3.63) is 48.8 Å². The van der Waals surface area contributed by atoms with Crippen molar-refractivity contribution < 1.29 is 13.9 Å². The van der Waals surface area contributed by atoms with Crippen LogP contribution in [0.15, 0.2) is 43.0 Å². The molecule has 3 aromatic heterocycles. The Balaban J connectivity index is 1.58. The summed E-state index contributed by atoms with van der Waals surface area (Å²) in [4.78, 5) is 21.7. The number of nitrogens with one attached hydrogen (secondary N) is 1. The van der Waals surface area contributed by atoms with Gasteiger partial charge in [0, 0.05) is 11.8 Å². The average molecular weight is 365 g/mol. The van der Waals surface area contributed by atoms with Gasteiger partial charge in [0.15, 0.2) is 11.5 Å². The lowest BCUT2D eigenvalue weighted by Gasteiger charge is -2.11. The first-order chi connectivity index (χ1) is 13.2. The number of nitrogens with zero attached hydrogens (tertiary/aromatic N) is 6. The number of anilines is 1. The van der Waals surface area contributed by atoms with Crippen molar-refractivity contribution in [2.45, 2.75) is 0 Å². The molecule has 1 fully saturated rings. The highest BCUT2D eigenvalue weighted by Gasteiger charge is 2.25. The molecule has 0 spiro atoms. The number of hydrogen-bond acceptors (Lipinski definition) is 6. The fourth-order valence-corrected chi connectivity index (χ4v) is 3.02. The second kappa shape index (κ2) is 5.87. The predicted octanol–water partition coefficient (Wildman–Crippen LogP) is 2.28. The quantitative estimate of drug-likeness (QED) is 0.598. The predicted molar refractivity (Wildman–Crippen MR) is 92.5 cm³/mol. The SMILES string of the molecule is O=C1OCCN1c1ccn2ncc(-c3ccc(-c4ncn[nH]4)c(F)c3)c2n1. The van der Waals surface area contributed by atoms with E-state index in [1.807, 2.05) is 0 Å². The van der Waals surface area contributed by atoms with Gasteiger partial charge in [-0.1, -0.05) is 6.07 Å². The molecule has 0 aliphatic carbocycles. The number of fused-ring (bicyclic) bond motifs is 1. The number of carbonyl (C=O) groups excluding carboxylic acids is 1. The minimum absolute atomic E-state index is 0.321. The first-order valence-corrected chi connectivity index (χ1v) is 8.15. The molecule has 0 bridgehead atoms. The molecule has 1 N–H and O–H groups in total. The minimum atomic E-state index is -0.442. The normalized spacial score (nSPS) is 14.1. The Labute approximate surface area is 151 Å². The fourth-order valence-electron chi connectivity index (χ4n) is 3.02. The Morgan fingerprint density at radius 3 is 2.89 bits per heavy atom. The third kappa shape index (κ3) is 2.49. The van der Waals surface area contributed by atoms with E-state index in [1.54, 1.807) is 35.1 Å². The van der Waals surface area contributed by atoms with Gasteiger partial charge in [0.2, 0.25) is 0 Å². The molecule has 5 rings (SSSR count). The van der Waals surface area contributed by atoms with Gasteiger partial charge in [0.25, 0.3) is 0 Å². The Bertz CT molecular complexity index is 1160. The van der Waals surface area contributed by atoms with E-state index in [0.29, 0.717) is 47.1 Å². The molecule has 10 heteroatoms. The van der Waals surface area contributed by atoms with Crippen LogP contribution < -0.4 is 4.90 Å². The second-order valence-corrected chi connectivity index (χ2v) is 5.91. The number of aromatic nitrogens is 6. The van der Waals surface area contributed by atoms with Gasteiger partial charge in [-0.25, -0.2) is 23.7 Å². The van der Waals surface area contributed by atoms with Crippen LogP contribution in [0.4, 0.5) is 15.0 Å². The number of carbonyl (C=O) groups is 1. The molecular formula is C17H12FN7O2. The van der Waals surface area contributed by atoms with Crippen molar-refractivity contribution in [2.24, 2.45) is 0 Å². The fraction of sp³-hybridized carbons (Fsp3) is 0.118. The number of amides is 1. The van der Waals surface area contributed by atoms with E-state index < -0.39 is 11.9 Å². The highest BCUT2D eigenvalue weighted by atomic mass is 19.1. The maximum absolute atomic E-state index is 14.6. The first kappa shape index (κ1) is 15.4. The summed E-state index contributed by atoms with van der Waals surface area (Å²) in [7, 11) is 0. The van der Waals surface area contributed by atoms with Gasteiger partial charge >= 0.3 is 6.09 Å². The molecule has 0 radical (unpaired) electrons. The first-order valence-electron chi connectivity index (χ1n) is 8.15. The third-order valence-electron chi connectivity index (χ3n) is 4.34. The zero-order valence-corrected chi connectivity index (χ0v) is 13.8. The summed E-state index contributed by atoms with van der Waals surface area (Å²) in [5, 5.41) is 10.6. The molecule has 0 saturated carbocycles. The summed E-state index contributed by atoms with van der Waals surface area (Å²) in [6, 6.07) is 6.46. The van der Waals surface area contributed by atoms with Crippen LogP contribution in [0, 0.1) is 5.82 Å². The summed E-state index contributed by atoms with van der Waals surface area (Å²) < 4.78 is 21.1. The standard InChI is InChI=1S/C17H12FN7O2/c18-13-7-10(1-2-11(13)15-19-9-20-23-15)12-8-21-25-4-3-14(22-16(12)25)24-5-6-27-17(24)26/h1-4,7-9H,5-6H2,(H,19,20,23). The van der Waals surface area contributed by atoms with Crippen LogP contribution in [0.2, 0.25) is 0 Å². The van der Waals surface area contributed by atoms with E-state index in [9.17, 15) is 9.18 Å². The second-order valence-electron chi connectivity index (χ2n) is 5.91. The Kier molecular flexibility index (Phi) is 3.35. The molecule has 1 aliphatic heterocycles. The summed E-state index contributed by atoms with van der Waals surface area (Å²) in [5.41, 5.74) is 2.09. The van der Waals surface area contributed by atoms with Gasteiger partial charge in [-0.05, 0) is 23.8 Å². The van der Waals surface area contributed by atoms with Crippen LogP contribution in [0.3, 0.4) is 0 Å². The molecule has 0 unspecified atom stereocenters. The molecule has 1 aromatic carbocycles. The monoisotopic (exact) mass is 365 g/mol. The molecular weight excluding hydrogens is 353 g/mol. The summed E-state index contributed by atoms with van der Waals surface area (Å²) in [6.45, 7) is 0.762. The number of H-pyrrole nitrogens is 1. The largest absolute Gasteiger partial charge is 0.447 e. The molecule has 4 heterocycles. The maximum atomic E-state index is 14.6. The molecule has 1 aliphatic rings. The van der Waals surface area contributed by atoms with Crippen LogP contribution in [-0.4, -0.2) is 49.0 Å². The minimum Gasteiger partial charge on any atom is -0.447 e. The smallest absolute Gasteiger partial charge is 0.415 e. The molecule has 27 heavy (non-hydrogen) atoms. The summed E-state index contributed by atoms with van der Waals surface area (Å²) in [6.07, 6.45) is 4.20. The Morgan fingerprint density at radius 2 is 2.15 bits per heavy atom. The van der Waals surface area contributed by atoms with Gasteiger partial charge < -0.3 is 4.74 Å². The van der Waals surface area contributed by atoms with Gasteiger partial charge in [-0.3, -0.25) is 10.00 Å². The van der Waals surface area contributed by atoms with E-state index in [1.165, 1.54) is 17.3 Å². The van der Waals surface area contributed by atoms with Crippen molar-refractivity contribution in [1.29, 1.82) is 0 Å². The summed E-state index contributed by atoms with van der Waals surface area (Å²) in [5.74, 6) is 0.375. The van der Waals surface area contributed by atoms with Crippen LogP contribution in [0.1, 0.15) is 0 Å². The molecule has 4 aromatic rings. The van der Waals surface area contributed by atoms with E-state index >= 15 is 0 Å². The number of halogens is 1. The van der Waals surface area contributed by atoms with Gasteiger partial charge in [0.1, 0.15) is 24.6 Å². The van der Waals surface area contributed by atoms with Crippen LogP contribution in [0.5, 0.6) is 0 Å². The Morgan fingerprint density at radius 1 is 1.22 bits per heavy atom. The lowest BCUT2D eigenvalue weighted by atomic mass is 10.1. The number of rotatable bonds is 3. The van der Waals surface area contributed by atoms with Crippen LogP contribution in [0.25, 0.3) is 28.2 Å². The van der Waals surface area contributed by atoms with E-state index in [2.05, 4.69) is 25.3 Å². The van der Waals surface area contributed by atoms with Crippen LogP contribution >= 0.6 is 0 Å². The van der Waals surface area contributed by atoms with Crippen molar-refractivity contribution in [3.8, 4) is 22.5 Å². The van der Waals surface area contributed by atoms with Crippen molar-refractivity contribution in [2.75, 3.05) is 18.1 Å². The lowest BCUT2D eigenvalue weighted by molar-refractivity contribution is 0.181. The highest BCUT2D eigenvalue weighted by Crippen LogP contribution is 2.29. The van der Waals surface area contributed by atoms with Crippen LogP contribution in [-0.2, 0) is 4.74 Å². The van der Waals surface area contributed by atoms with E-state index in [4.69, 9.17) is 4.74 Å². The number of benzene rings is 1. The van der Waals surface area contributed by atoms with Crippen molar-refractivity contribution >= 4 is 17.6 Å². The molecule has 1 saturated heterocycles. The zero-order valence-electron chi connectivity index (χ0n) is 13.8. The third-order valence-corrected chi connectivity index (χ3v) is 4.34. The number of ether oxygens (including phenoxy) is 1. The Hall–Kier alpha value is -3.82. The molecule has 0 atom stereocenters.